The minimum atomic E-state index is 0.0548. The maximum atomic E-state index is 11.4. The van der Waals surface area contributed by atoms with Gasteiger partial charge in [-0.15, -0.1) is 0 Å². The van der Waals surface area contributed by atoms with Crippen molar-refractivity contribution in [1.29, 1.82) is 0 Å². The molecule has 0 aromatic carbocycles. The molecule has 0 fully saturated rings. The molecule has 1 N–H and O–H groups in total. The van der Waals surface area contributed by atoms with Crippen LogP contribution in [0.5, 0.6) is 0 Å². The summed E-state index contributed by atoms with van der Waals surface area (Å²) >= 11 is 0. The number of unbranched alkanes of at least 4 members (excludes halogenated alkanes) is 5. The van der Waals surface area contributed by atoms with E-state index in [2.05, 4.69) is 26.1 Å². The van der Waals surface area contributed by atoms with Gasteiger partial charge >= 0.3 is 0 Å². The first kappa shape index (κ1) is 16.2. The molecule has 0 aromatic rings. The van der Waals surface area contributed by atoms with Gasteiger partial charge in [-0.2, -0.15) is 0 Å². The minimum absolute atomic E-state index is 0.0548. The minimum Gasteiger partial charge on any atom is -0.353 e. The summed E-state index contributed by atoms with van der Waals surface area (Å²) in [5.74, 6) is 0.706. The molecule has 0 saturated heterocycles. The lowest BCUT2D eigenvalue weighted by Gasteiger charge is -2.04. The van der Waals surface area contributed by atoms with E-state index in [0.29, 0.717) is 5.92 Å². The molecule has 0 atom stereocenters. The maximum absolute atomic E-state index is 11.4. The van der Waals surface area contributed by atoms with Gasteiger partial charge in [-0.3, -0.25) is 4.79 Å². The van der Waals surface area contributed by atoms with Gasteiger partial charge in [0.25, 0.3) is 0 Å². The van der Waals surface area contributed by atoms with Crippen molar-refractivity contribution in [3.05, 3.63) is 12.2 Å². The zero-order valence-corrected chi connectivity index (χ0v) is 11.8. The molecule has 100 valence electrons. The predicted octanol–water partition coefficient (Wildman–Crippen LogP) is 4.07. The van der Waals surface area contributed by atoms with Crippen molar-refractivity contribution in [3.8, 4) is 0 Å². The second kappa shape index (κ2) is 11.7. The van der Waals surface area contributed by atoms with Crippen LogP contribution < -0.4 is 5.32 Å². The van der Waals surface area contributed by atoms with Crippen LogP contribution in [0.25, 0.3) is 0 Å². The Morgan fingerprint density at radius 3 is 2.53 bits per heavy atom. The van der Waals surface area contributed by atoms with Crippen LogP contribution in [0.1, 0.15) is 65.7 Å². The van der Waals surface area contributed by atoms with Crippen LogP contribution in [0.2, 0.25) is 0 Å². The molecule has 1 amide bonds. The first-order valence-corrected chi connectivity index (χ1v) is 7.11. The van der Waals surface area contributed by atoms with Crippen molar-refractivity contribution < 1.29 is 4.79 Å². The van der Waals surface area contributed by atoms with E-state index >= 15 is 0 Å². The molecule has 0 aliphatic carbocycles. The summed E-state index contributed by atoms with van der Waals surface area (Å²) in [7, 11) is 0. The molecule has 17 heavy (non-hydrogen) atoms. The number of nitrogens with one attached hydrogen (secondary N) is 1. The highest BCUT2D eigenvalue weighted by Gasteiger charge is 1.96. The monoisotopic (exact) mass is 239 g/mol. The van der Waals surface area contributed by atoms with E-state index in [1.807, 2.05) is 6.08 Å². The quantitative estimate of drug-likeness (QED) is 0.452. The Morgan fingerprint density at radius 2 is 1.88 bits per heavy atom. The lowest BCUT2D eigenvalue weighted by Crippen LogP contribution is -2.23. The lowest BCUT2D eigenvalue weighted by molar-refractivity contribution is -0.116. The number of hydrogen-bond donors (Lipinski definition) is 1. The Bertz CT molecular complexity index is 209. The Morgan fingerprint density at radius 1 is 1.18 bits per heavy atom. The van der Waals surface area contributed by atoms with Crippen LogP contribution in [0, 0.1) is 5.92 Å². The fourth-order valence-electron chi connectivity index (χ4n) is 1.60. The summed E-state index contributed by atoms with van der Waals surface area (Å²) in [4.78, 5) is 11.4. The number of amides is 1. The molecule has 0 aliphatic rings. The second-order valence-corrected chi connectivity index (χ2v) is 5.08. The molecular weight excluding hydrogens is 210 g/mol. The van der Waals surface area contributed by atoms with Crippen LogP contribution >= 0.6 is 0 Å². The molecule has 2 heteroatoms. The van der Waals surface area contributed by atoms with Gasteiger partial charge < -0.3 is 5.32 Å². The van der Waals surface area contributed by atoms with E-state index in [4.69, 9.17) is 0 Å². The normalized spacial score (nSPS) is 11.3. The summed E-state index contributed by atoms with van der Waals surface area (Å²) in [6.45, 7) is 7.34. The van der Waals surface area contributed by atoms with E-state index in [-0.39, 0.29) is 5.91 Å². The van der Waals surface area contributed by atoms with Gasteiger partial charge in [0.15, 0.2) is 0 Å². The van der Waals surface area contributed by atoms with Crippen molar-refractivity contribution in [2.24, 2.45) is 5.92 Å². The van der Waals surface area contributed by atoms with Gasteiger partial charge in [-0.05, 0) is 31.3 Å². The van der Waals surface area contributed by atoms with E-state index in [9.17, 15) is 4.79 Å². The third kappa shape index (κ3) is 13.1. The molecule has 0 bridgehead atoms. The molecule has 0 heterocycles. The zero-order chi connectivity index (χ0) is 12.9. The van der Waals surface area contributed by atoms with E-state index in [1.165, 1.54) is 32.1 Å². The van der Waals surface area contributed by atoms with Gasteiger partial charge in [0.2, 0.25) is 5.91 Å². The average Bonchev–Trinajstić information content (AvgIpc) is 2.27. The Kier molecular flexibility index (Phi) is 11.1. The topological polar surface area (TPSA) is 29.1 Å². The van der Waals surface area contributed by atoms with Gasteiger partial charge in [0.05, 0.1) is 0 Å². The molecule has 2 nitrogen and oxygen atoms in total. The maximum Gasteiger partial charge on any atom is 0.243 e. The highest BCUT2D eigenvalue weighted by Crippen LogP contribution is 2.05. The first-order valence-electron chi connectivity index (χ1n) is 7.11. The molecule has 0 unspecified atom stereocenters. The predicted molar refractivity (Wildman–Crippen MR) is 75.0 cm³/mol. The third-order valence-corrected chi connectivity index (χ3v) is 2.76. The summed E-state index contributed by atoms with van der Waals surface area (Å²) in [6.07, 6.45) is 12.2. The van der Waals surface area contributed by atoms with Crippen LogP contribution in [-0.4, -0.2) is 12.5 Å². The smallest absolute Gasteiger partial charge is 0.243 e. The van der Waals surface area contributed by atoms with Crippen molar-refractivity contribution in [2.75, 3.05) is 6.54 Å². The van der Waals surface area contributed by atoms with Gasteiger partial charge in [0, 0.05) is 6.54 Å². The molecular formula is C15H29NO. The largest absolute Gasteiger partial charge is 0.353 e. The average molecular weight is 239 g/mol. The fraction of sp³-hybridized carbons (Fsp3) is 0.800. The van der Waals surface area contributed by atoms with E-state index < -0.39 is 0 Å². The Labute approximate surface area is 107 Å². The number of rotatable bonds is 10. The fourth-order valence-corrected chi connectivity index (χ4v) is 1.60. The van der Waals surface area contributed by atoms with Gasteiger partial charge in [0.1, 0.15) is 0 Å². The lowest BCUT2D eigenvalue weighted by atomic mass is 10.1. The Balaban J connectivity index is 3.34. The second-order valence-electron chi connectivity index (χ2n) is 5.08. The number of carbonyl (C=O) groups is 1. The van der Waals surface area contributed by atoms with Crippen LogP contribution in [-0.2, 0) is 4.79 Å². The van der Waals surface area contributed by atoms with Crippen LogP contribution in [0.3, 0.4) is 0 Å². The molecule has 0 spiro atoms. The number of allylic oxidation sites excluding steroid dienone is 1. The van der Waals surface area contributed by atoms with Crippen molar-refractivity contribution in [3.63, 3.8) is 0 Å². The molecule has 0 aromatic heterocycles. The standard InChI is InChI=1S/C15H29NO/c1-4-5-6-7-8-9-10-11-15(17)16-13-12-14(2)3/h10-11,14H,4-9,12-13H2,1-3H3,(H,16,17)/b11-10+. The molecule has 0 saturated carbocycles. The number of carbonyl (C=O) groups excluding carboxylic acids is 1. The van der Waals surface area contributed by atoms with Crippen LogP contribution in [0.15, 0.2) is 12.2 Å². The number of hydrogen-bond acceptors (Lipinski definition) is 1. The first-order chi connectivity index (χ1) is 8.16. The van der Waals surface area contributed by atoms with Gasteiger partial charge in [-0.25, -0.2) is 0 Å². The zero-order valence-electron chi connectivity index (χ0n) is 11.8. The third-order valence-electron chi connectivity index (χ3n) is 2.76. The highest BCUT2D eigenvalue weighted by atomic mass is 16.1. The SMILES string of the molecule is CCCCCCC/C=C/C(=O)NCCC(C)C. The van der Waals surface area contributed by atoms with Crippen molar-refractivity contribution >= 4 is 5.91 Å². The van der Waals surface area contributed by atoms with E-state index in [1.54, 1.807) is 6.08 Å². The molecule has 0 aliphatic heterocycles. The summed E-state index contributed by atoms with van der Waals surface area (Å²) in [6, 6.07) is 0. The van der Waals surface area contributed by atoms with Crippen molar-refractivity contribution in [2.45, 2.75) is 65.7 Å². The van der Waals surface area contributed by atoms with Gasteiger partial charge in [-0.1, -0.05) is 52.5 Å². The van der Waals surface area contributed by atoms with Crippen LogP contribution in [0.4, 0.5) is 0 Å². The summed E-state index contributed by atoms with van der Waals surface area (Å²) in [5, 5.41) is 2.90. The summed E-state index contributed by atoms with van der Waals surface area (Å²) < 4.78 is 0. The van der Waals surface area contributed by atoms with E-state index in [0.717, 1.165) is 19.4 Å². The summed E-state index contributed by atoms with van der Waals surface area (Å²) in [5.41, 5.74) is 0. The molecule has 0 rings (SSSR count). The molecule has 0 radical (unpaired) electrons. The highest BCUT2D eigenvalue weighted by molar-refractivity contribution is 5.87. The van der Waals surface area contributed by atoms with Crippen molar-refractivity contribution in [1.82, 2.24) is 5.32 Å². The Hall–Kier alpha value is -0.790.